The summed E-state index contributed by atoms with van der Waals surface area (Å²) in [5.41, 5.74) is 3.66. The van der Waals surface area contributed by atoms with Crippen molar-refractivity contribution in [2.45, 2.75) is 38.7 Å². The van der Waals surface area contributed by atoms with Crippen molar-refractivity contribution in [3.63, 3.8) is 0 Å². The minimum absolute atomic E-state index is 0.00851. The van der Waals surface area contributed by atoms with Crippen LogP contribution in [0.5, 0.6) is 5.75 Å². The van der Waals surface area contributed by atoms with Crippen LogP contribution in [0.25, 0.3) is 0 Å². The zero-order valence-corrected chi connectivity index (χ0v) is 13.0. The van der Waals surface area contributed by atoms with E-state index < -0.39 is 0 Å². The van der Waals surface area contributed by atoms with Crippen LogP contribution in [-0.2, 0) is 6.42 Å². The molecule has 0 N–H and O–H groups in total. The molecule has 1 atom stereocenters. The van der Waals surface area contributed by atoms with Gasteiger partial charge in [-0.25, -0.2) is 0 Å². The van der Waals surface area contributed by atoms with E-state index in [9.17, 15) is 0 Å². The van der Waals surface area contributed by atoms with Crippen LogP contribution in [0.2, 0.25) is 0 Å². The van der Waals surface area contributed by atoms with Gasteiger partial charge in [-0.2, -0.15) is 0 Å². The van der Waals surface area contributed by atoms with Gasteiger partial charge in [0.2, 0.25) is 0 Å². The fourth-order valence-corrected chi connectivity index (χ4v) is 2.40. The molecule has 2 aromatic rings. The lowest BCUT2D eigenvalue weighted by atomic mass is 10.0. The molecular weight excluding hydrogens is 268 g/mol. The van der Waals surface area contributed by atoms with E-state index in [1.165, 1.54) is 11.1 Å². The Morgan fingerprint density at radius 2 is 1.55 bits per heavy atom. The largest absolute Gasteiger partial charge is 0.491 e. The van der Waals surface area contributed by atoms with Gasteiger partial charge in [0.05, 0.1) is 11.5 Å². The second kappa shape index (κ2) is 6.81. The standard InChI is InChI=1S/C18H21ClO/c1-13(2)20-17-10-8-16(9-11-17)18(19)12-15-6-4-14(3)5-7-15/h4-11,13,18H,12H2,1-3H3. The van der Waals surface area contributed by atoms with Gasteiger partial charge in [0, 0.05) is 0 Å². The molecule has 1 nitrogen and oxygen atoms in total. The summed E-state index contributed by atoms with van der Waals surface area (Å²) in [6.07, 6.45) is 1.03. The van der Waals surface area contributed by atoms with Crippen molar-refractivity contribution in [2.75, 3.05) is 0 Å². The van der Waals surface area contributed by atoms with E-state index in [1.807, 2.05) is 38.1 Å². The van der Waals surface area contributed by atoms with Crippen LogP contribution in [0.4, 0.5) is 0 Å². The highest BCUT2D eigenvalue weighted by Crippen LogP contribution is 2.27. The van der Waals surface area contributed by atoms with Crippen LogP contribution in [0.15, 0.2) is 48.5 Å². The molecule has 0 aliphatic heterocycles. The SMILES string of the molecule is Cc1ccc(CC(Cl)c2ccc(OC(C)C)cc2)cc1. The second-order valence-electron chi connectivity index (χ2n) is 5.39. The van der Waals surface area contributed by atoms with Crippen molar-refractivity contribution in [3.05, 3.63) is 65.2 Å². The van der Waals surface area contributed by atoms with Crippen molar-refractivity contribution in [1.29, 1.82) is 0 Å². The van der Waals surface area contributed by atoms with E-state index in [-0.39, 0.29) is 11.5 Å². The number of halogens is 1. The molecule has 0 amide bonds. The molecule has 2 aromatic carbocycles. The minimum atomic E-state index is -0.00851. The summed E-state index contributed by atoms with van der Waals surface area (Å²) in [6, 6.07) is 16.6. The fourth-order valence-electron chi connectivity index (χ4n) is 2.08. The van der Waals surface area contributed by atoms with Crippen LogP contribution >= 0.6 is 11.6 Å². The molecular formula is C18H21ClO. The molecule has 0 heterocycles. The van der Waals surface area contributed by atoms with E-state index in [0.717, 1.165) is 17.7 Å². The van der Waals surface area contributed by atoms with Crippen LogP contribution < -0.4 is 4.74 Å². The Balaban J connectivity index is 2.01. The monoisotopic (exact) mass is 288 g/mol. The van der Waals surface area contributed by atoms with Gasteiger partial charge in [-0.3, -0.25) is 0 Å². The quantitative estimate of drug-likeness (QED) is 0.678. The third-order valence-corrected chi connectivity index (χ3v) is 3.56. The van der Waals surface area contributed by atoms with Gasteiger partial charge in [0.15, 0.2) is 0 Å². The van der Waals surface area contributed by atoms with Crippen LogP contribution in [0, 0.1) is 6.92 Å². The van der Waals surface area contributed by atoms with Crippen LogP contribution in [0.3, 0.4) is 0 Å². The Morgan fingerprint density at radius 1 is 0.950 bits per heavy atom. The first-order valence-electron chi connectivity index (χ1n) is 7.01. The van der Waals surface area contributed by atoms with Gasteiger partial charge < -0.3 is 4.74 Å². The molecule has 0 aliphatic rings. The molecule has 0 radical (unpaired) electrons. The summed E-state index contributed by atoms with van der Waals surface area (Å²) in [4.78, 5) is 0. The molecule has 0 bridgehead atoms. The third-order valence-electron chi connectivity index (χ3n) is 3.15. The number of aryl methyl sites for hydroxylation is 1. The fraction of sp³-hybridized carbons (Fsp3) is 0.333. The number of benzene rings is 2. The van der Waals surface area contributed by atoms with Gasteiger partial charge >= 0.3 is 0 Å². The van der Waals surface area contributed by atoms with Gasteiger partial charge in [0.1, 0.15) is 5.75 Å². The van der Waals surface area contributed by atoms with Crippen molar-refractivity contribution in [3.8, 4) is 5.75 Å². The topological polar surface area (TPSA) is 9.23 Å². The minimum Gasteiger partial charge on any atom is -0.491 e. The van der Waals surface area contributed by atoms with E-state index in [4.69, 9.17) is 16.3 Å². The lowest BCUT2D eigenvalue weighted by Gasteiger charge is -2.13. The number of alkyl halides is 1. The highest BCUT2D eigenvalue weighted by atomic mass is 35.5. The maximum Gasteiger partial charge on any atom is 0.119 e. The molecule has 0 saturated carbocycles. The summed E-state index contributed by atoms with van der Waals surface area (Å²) in [6.45, 7) is 6.14. The van der Waals surface area contributed by atoms with Gasteiger partial charge in [-0.05, 0) is 50.5 Å². The predicted molar refractivity (Wildman–Crippen MR) is 85.7 cm³/mol. The predicted octanol–water partition coefficient (Wildman–Crippen LogP) is 5.30. The summed E-state index contributed by atoms with van der Waals surface area (Å²) >= 11 is 6.50. The maximum atomic E-state index is 6.50. The zero-order chi connectivity index (χ0) is 14.5. The summed E-state index contributed by atoms with van der Waals surface area (Å²) < 4.78 is 5.64. The van der Waals surface area contributed by atoms with Crippen molar-refractivity contribution in [1.82, 2.24) is 0 Å². The lowest BCUT2D eigenvalue weighted by Crippen LogP contribution is -2.05. The smallest absolute Gasteiger partial charge is 0.119 e. The molecule has 106 valence electrons. The molecule has 2 rings (SSSR count). The number of hydrogen-bond acceptors (Lipinski definition) is 1. The lowest BCUT2D eigenvalue weighted by molar-refractivity contribution is 0.242. The van der Waals surface area contributed by atoms with Crippen LogP contribution in [-0.4, -0.2) is 6.10 Å². The van der Waals surface area contributed by atoms with Crippen molar-refractivity contribution >= 4 is 11.6 Å². The van der Waals surface area contributed by atoms with Gasteiger partial charge in [-0.15, -0.1) is 11.6 Å². The normalized spacial score (nSPS) is 12.4. The molecule has 0 aliphatic carbocycles. The Labute approximate surface area is 126 Å². The molecule has 20 heavy (non-hydrogen) atoms. The number of rotatable bonds is 5. The average molecular weight is 289 g/mol. The first-order valence-corrected chi connectivity index (χ1v) is 7.44. The van der Waals surface area contributed by atoms with Crippen molar-refractivity contribution < 1.29 is 4.74 Å². The summed E-state index contributed by atoms with van der Waals surface area (Å²) in [5.74, 6) is 0.892. The Kier molecular flexibility index (Phi) is 5.08. The molecule has 0 fully saturated rings. The van der Waals surface area contributed by atoms with E-state index in [0.29, 0.717) is 0 Å². The summed E-state index contributed by atoms with van der Waals surface area (Å²) in [5, 5.41) is -0.00851. The Hall–Kier alpha value is -1.47. The van der Waals surface area contributed by atoms with E-state index in [1.54, 1.807) is 0 Å². The second-order valence-corrected chi connectivity index (χ2v) is 5.92. The number of ether oxygens (including phenoxy) is 1. The number of hydrogen-bond donors (Lipinski definition) is 0. The highest BCUT2D eigenvalue weighted by Gasteiger charge is 2.09. The van der Waals surface area contributed by atoms with Gasteiger partial charge in [0.25, 0.3) is 0 Å². The first kappa shape index (κ1) is 14.9. The molecule has 0 saturated heterocycles. The average Bonchev–Trinajstić information content (AvgIpc) is 2.41. The van der Waals surface area contributed by atoms with Crippen molar-refractivity contribution in [2.24, 2.45) is 0 Å². The molecule has 0 aromatic heterocycles. The molecule has 1 unspecified atom stereocenters. The third kappa shape index (κ3) is 4.28. The van der Waals surface area contributed by atoms with Gasteiger partial charge in [-0.1, -0.05) is 42.0 Å². The Morgan fingerprint density at radius 3 is 2.10 bits per heavy atom. The van der Waals surface area contributed by atoms with E-state index >= 15 is 0 Å². The molecule has 2 heteroatoms. The van der Waals surface area contributed by atoms with Crippen LogP contribution in [0.1, 0.15) is 35.9 Å². The maximum absolute atomic E-state index is 6.50. The first-order chi connectivity index (χ1) is 9.54. The highest BCUT2D eigenvalue weighted by molar-refractivity contribution is 6.20. The molecule has 0 spiro atoms. The zero-order valence-electron chi connectivity index (χ0n) is 12.3. The Bertz CT molecular complexity index is 528. The summed E-state index contributed by atoms with van der Waals surface area (Å²) in [7, 11) is 0. The van der Waals surface area contributed by atoms with E-state index in [2.05, 4.69) is 31.2 Å².